The van der Waals surface area contributed by atoms with E-state index in [2.05, 4.69) is 14.2 Å². The Morgan fingerprint density at radius 2 is 1.00 bits per heavy atom. The molecule has 0 atom stereocenters. The van der Waals surface area contributed by atoms with E-state index in [0.29, 0.717) is 18.9 Å². The molecule has 0 fully saturated rings. The van der Waals surface area contributed by atoms with Crippen LogP contribution in [0, 0.1) is 29.6 Å². The number of esters is 3. The molecule has 0 aliphatic rings. The highest BCUT2D eigenvalue weighted by molar-refractivity contribution is 5.77. The summed E-state index contributed by atoms with van der Waals surface area (Å²) in [6, 6.07) is 0. The lowest BCUT2D eigenvalue weighted by atomic mass is 10.1. The fraction of sp³-hybridized carbons (Fsp3) is 0.815. The van der Waals surface area contributed by atoms with Crippen molar-refractivity contribution in [3.8, 4) is 0 Å². The summed E-state index contributed by atoms with van der Waals surface area (Å²) in [7, 11) is 2.80. The number of hydrogen-bond donors (Lipinski definition) is 1. The van der Waals surface area contributed by atoms with Crippen LogP contribution in [0.15, 0.2) is 0 Å². The molecule has 0 aromatic rings. The van der Waals surface area contributed by atoms with E-state index in [1.807, 2.05) is 55.4 Å². The van der Waals surface area contributed by atoms with Gasteiger partial charge in [0.05, 0.1) is 32.7 Å². The number of rotatable bonds is 8. The van der Waals surface area contributed by atoms with Gasteiger partial charge in [-0.2, -0.15) is 0 Å². The van der Waals surface area contributed by atoms with Crippen molar-refractivity contribution in [3.05, 3.63) is 0 Å². The molecule has 0 aromatic carbocycles. The molecule has 9 nitrogen and oxygen atoms in total. The number of methoxy groups -OCH3 is 2. The Labute approximate surface area is 219 Å². The van der Waals surface area contributed by atoms with Crippen molar-refractivity contribution >= 4 is 29.7 Å². The van der Waals surface area contributed by atoms with E-state index in [1.54, 1.807) is 27.7 Å². The highest BCUT2D eigenvalue weighted by Crippen LogP contribution is 1.99. The maximum Gasteiger partial charge on any atom is 0.308 e. The van der Waals surface area contributed by atoms with Crippen LogP contribution < -0.4 is 0 Å². The molecule has 0 aliphatic carbocycles. The molecule has 36 heavy (non-hydrogen) atoms. The van der Waals surface area contributed by atoms with Crippen molar-refractivity contribution in [3.63, 3.8) is 0 Å². The molecule has 1 N–H and O–H groups in total. The van der Waals surface area contributed by atoms with Gasteiger partial charge in [-0.05, 0) is 25.7 Å². The molecule has 0 radical (unpaired) electrons. The molecule has 0 aliphatic heterocycles. The zero-order valence-electron chi connectivity index (χ0n) is 25.2. The van der Waals surface area contributed by atoms with Gasteiger partial charge in [-0.25, -0.2) is 0 Å². The smallest absolute Gasteiger partial charge is 0.308 e. The number of Topliss-reactive ketones (excluding diaryl/α,β-unsaturated/α-hetero) is 1. The Kier molecular flexibility index (Phi) is 34.9. The molecule has 0 saturated heterocycles. The number of ether oxygens (including phenoxy) is 3. The molecule has 0 saturated carbocycles. The lowest BCUT2D eigenvalue weighted by Crippen LogP contribution is -2.10. The fourth-order valence-electron chi connectivity index (χ4n) is 1.31. The van der Waals surface area contributed by atoms with E-state index in [0.717, 1.165) is 0 Å². The molecule has 0 spiro atoms. The van der Waals surface area contributed by atoms with Gasteiger partial charge < -0.3 is 19.3 Å². The Morgan fingerprint density at radius 1 is 0.639 bits per heavy atom. The Balaban J connectivity index is -0.000000112. The first-order chi connectivity index (χ1) is 16.3. The number of ketones is 1. The number of aliphatic carboxylic acids is 1. The maximum atomic E-state index is 10.5. The third-order valence-corrected chi connectivity index (χ3v) is 3.63. The summed E-state index contributed by atoms with van der Waals surface area (Å²) in [4.78, 5) is 51.2. The SMILES string of the molecule is CC(=O)C(C)C.CC(C)CC(=O)O.CCOC(=O)C(C)C.COC(=O)C(C)C.COC(=O)CC(C)C. The van der Waals surface area contributed by atoms with Gasteiger partial charge in [-0.1, -0.05) is 69.2 Å². The van der Waals surface area contributed by atoms with E-state index in [9.17, 15) is 24.0 Å². The van der Waals surface area contributed by atoms with Crippen LogP contribution >= 0.6 is 0 Å². The third-order valence-electron chi connectivity index (χ3n) is 3.63. The molecule has 0 heterocycles. The molecule has 0 aromatic heterocycles. The summed E-state index contributed by atoms with van der Waals surface area (Å²) in [5, 5.41) is 8.08. The molecule has 0 unspecified atom stereocenters. The van der Waals surface area contributed by atoms with Crippen LogP contribution in [0.2, 0.25) is 0 Å². The van der Waals surface area contributed by atoms with Gasteiger partial charge >= 0.3 is 23.9 Å². The number of carboxylic acids is 1. The van der Waals surface area contributed by atoms with Crippen molar-refractivity contribution in [1.82, 2.24) is 0 Å². The summed E-state index contributed by atoms with van der Waals surface area (Å²) in [6.07, 6.45) is 0.802. The summed E-state index contributed by atoms with van der Waals surface area (Å²) in [5.41, 5.74) is 0. The number of carboxylic acid groups (broad SMARTS) is 1. The van der Waals surface area contributed by atoms with Crippen molar-refractivity contribution in [2.45, 2.75) is 95.9 Å². The summed E-state index contributed by atoms with van der Waals surface area (Å²) in [6.45, 7) is 22.6. The van der Waals surface area contributed by atoms with Gasteiger partial charge in [0.15, 0.2) is 0 Å². The van der Waals surface area contributed by atoms with Crippen LogP contribution in [0.5, 0.6) is 0 Å². The normalized spacial score (nSPS) is 9.42. The van der Waals surface area contributed by atoms with Crippen LogP contribution in [-0.2, 0) is 38.2 Å². The largest absolute Gasteiger partial charge is 0.481 e. The van der Waals surface area contributed by atoms with E-state index >= 15 is 0 Å². The number of hydrogen-bond acceptors (Lipinski definition) is 8. The van der Waals surface area contributed by atoms with Crippen molar-refractivity contribution in [2.24, 2.45) is 29.6 Å². The van der Waals surface area contributed by atoms with Gasteiger partial charge in [0.2, 0.25) is 0 Å². The second kappa shape index (κ2) is 28.8. The second-order valence-electron chi connectivity index (χ2n) is 9.52. The first-order valence-corrected chi connectivity index (χ1v) is 12.3. The van der Waals surface area contributed by atoms with Gasteiger partial charge in [0, 0.05) is 18.8 Å². The van der Waals surface area contributed by atoms with E-state index in [4.69, 9.17) is 5.11 Å². The van der Waals surface area contributed by atoms with Gasteiger partial charge in [0.1, 0.15) is 5.78 Å². The van der Waals surface area contributed by atoms with E-state index < -0.39 is 5.97 Å². The summed E-state index contributed by atoms with van der Waals surface area (Å²) in [5.74, 6) is 0.0578. The minimum atomic E-state index is -0.713. The van der Waals surface area contributed by atoms with Crippen molar-refractivity contribution < 1.29 is 43.3 Å². The van der Waals surface area contributed by atoms with E-state index in [1.165, 1.54) is 14.2 Å². The summed E-state index contributed by atoms with van der Waals surface area (Å²) < 4.78 is 13.5. The minimum absolute atomic E-state index is 0.00463. The molecule has 216 valence electrons. The van der Waals surface area contributed by atoms with Crippen LogP contribution in [0.3, 0.4) is 0 Å². The predicted octanol–water partition coefficient (Wildman–Crippen LogP) is 5.57. The van der Waals surface area contributed by atoms with Gasteiger partial charge in [0.25, 0.3) is 0 Å². The molecule has 9 heteroatoms. The lowest BCUT2D eigenvalue weighted by Gasteiger charge is -2.01. The molecule has 0 amide bonds. The quantitative estimate of drug-likeness (QED) is 0.320. The number of carbonyl (C=O) groups is 5. The Morgan fingerprint density at radius 3 is 1.06 bits per heavy atom. The molecular weight excluding hydrogens is 468 g/mol. The van der Waals surface area contributed by atoms with E-state index in [-0.39, 0.29) is 53.8 Å². The van der Waals surface area contributed by atoms with Crippen molar-refractivity contribution in [2.75, 3.05) is 20.8 Å². The molecule has 0 bridgehead atoms. The van der Waals surface area contributed by atoms with Crippen LogP contribution in [0.4, 0.5) is 0 Å². The highest BCUT2D eigenvalue weighted by atomic mass is 16.5. The average Bonchev–Trinajstić information content (AvgIpc) is 2.73. The van der Waals surface area contributed by atoms with Crippen LogP contribution in [-0.4, -0.2) is 55.6 Å². The first kappa shape index (κ1) is 43.6. The Hall–Kier alpha value is -2.45. The molecule has 0 rings (SSSR count). The number of carbonyl (C=O) groups excluding carboxylic acids is 4. The fourth-order valence-corrected chi connectivity index (χ4v) is 1.31. The Bertz CT molecular complexity index is 578. The van der Waals surface area contributed by atoms with Gasteiger partial charge in [-0.15, -0.1) is 0 Å². The second-order valence-corrected chi connectivity index (χ2v) is 9.52. The van der Waals surface area contributed by atoms with Crippen LogP contribution in [0.25, 0.3) is 0 Å². The standard InChI is InChI=1S/2C6H12O2.2C5H10O2.C5H10O/c1-5(2)4-6(7)8-3;1-4-8-6(7)5(2)3;1-4(2)5(6)7-3;1-4(2)3-5(6)7;1-4(2)5(3)6/h2*5H,4H2,1-3H3;4H,1-3H3;4H,3H2,1-2H3,(H,6,7);4H,1-3H3. The zero-order chi connectivity index (χ0) is 30.0. The zero-order valence-corrected chi connectivity index (χ0v) is 25.2. The lowest BCUT2D eigenvalue weighted by molar-refractivity contribution is -0.147. The summed E-state index contributed by atoms with van der Waals surface area (Å²) >= 11 is 0. The third kappa shape index (κ3) is 48.9. The average molecular weight is 523 g/mol. The van der Waals surface area contributed by atoms with Crippen LogP contribution in [0.1, 0.15) is 95.9 Å². The topological polar surface area (TPSA) is 133 Å². The van der Waals surface area contributed by atoms with Crippen molar-refractivity contribution in [1.29, 1.82) is 0 Å². The minimum Gasteiger partial charge on any atom is -0.481 e. The monoisotopic (exact) mass is 522 g/mol. The van der Waals surface area contributed by atoms with Gasteiger partial charge in [-0.3, -0.25) is 24.0 Å². The molecular formula is C27H54O9. The predicted molar refractivity (Wildman–Crippen MR) is 142 cm³/mol. The highest BCUT2D eigenvalue weighted by Gasteiger charge is 2.05. The first-order valence-electron chi connectivity index (χ1n) is 12.3. The maximum absolute atomic E-state index is 10.5.